The number of benzene rings is 1. The van der Waals surface area contributed by atoms with Gasteiger partial charge in [-0.3, -0.25) is 4.79 Å². The molecule has 0 N–H and O–H groups in total. The zero-order chi connectivity index (χ0) is 11.4. The van der Waals surface area contributed by atoms with Crippen molar-refractivity contribution < 1.29 is 14.3 Å². The van der Waals surface area contributed by atoms with Gasteiger partial charge in [0.1, 0.15) is 0 Å². The van der Waals surface area contributed by atoms with E-state index < -0.39 is 17.1 Å². The van der Waals surface area contributed by atoms with Crippen LogP contribution in [0.5, 0.6) is 0 Å². The van der Waals surface area contributed by atoms with Crippen LogP contribution in [0.2, 0.25) is 5.02 Å². The molecule has 0 saturated heterocycles. The summed E-state index contributed by atoms with van der Waals surface area (Å²) in [4.78, 5) is 22.6. The normalized spacial score (nSPS) is 11.9. The van der Waals surface area contributed by atoms with Crippen LogP contribution in [0.1, 0.15) is 10.4 Å². The van der Waals surface area contributed by atoms with Crippen LogP contribution < -0.4 is 0 Å². The van der Waals surface area contributed by atoms with Crippen LogP contribution in [0.3, 0.4) is 0 Å². The molecule has 5 heteroatoms. The zero-order valence-electron chi connectivity index (χ0n) is 7.87. The van der Waals surface area contributed by atoms with E-state index in [2.05, 4.69) is 4.74 Å². The second-order valence-electron chi connectivity index (χ2n) is 2.76. The van der Waals surface area contributed by atoms with Gasteiger partial charge in [0.15, 0.2) is 11.2 Å². The van der Waals surface area contributed by atoms with Gasteiger partial charge in [0, 0.05) is 10.6 Å². The van der Waals surface area contributed by atoms with Crippen LogP contribution in [-0.2, 0) is 9.53 Å². The lowest BCUT2D eigenvalue weighted by atomic mass is 10.1. The van der Waals surface area contributed by atoms with E-state index in [1.165, 1.54) is 19.2 Å². The molecule has 3 nitrogen and oxygen atoms in total. The largest absolute Gasteiger partial charge is 0.468 e. The van der Waals surface area contributed by atoms with E-state index in [0.717, 1.165) is 0 Å². The molecular weight excluding hydrogens is 239 g/mol. The average Bonchev–Trinajstić information content (AvgIpc) is 2.26. The van der Waals surface area contributed by atoms with Gasteiger partial charge < -0.3 is 4.74 Å². The summed E-state index contributed by atoms with van der Waals surface area (Å²) >= 11 is 11.3. The average molecular weight is 247 g/mol. The third kappa shape index (κ3) is 2.94. The molecule has 0 fully saturated rings. The predicted octanol–water partition coefficient (Wildman–Crippen LogP) is 2.30. The monoisotopic (exact) mass is 246 g/mol. The predicted molar refractivity (Wildman–Crippen MR) is 57.4 cm³/mol. The summed E-state index contributed by atoms with van der Waals surface area (Å²) in [6.45, 7) is 0. The number of hydrogen-bond donors (Lipinski definition) is 0. The maximum absolute atomic E-state index is 11.6. The highest BCUT2D eigenvalue weighted by molar-refractivity contribution is 6.43. The van der Waals surface area contributed by atoms with Gasteiger partial charge in [0.05, 0.1) is 7.11 Å². The standard InChI is InChI=1S/C10H8Cl2O3/c1-15-10(14)8(12)9(13)6-3-2-4-7(11)5-6/h2-5,8H,1H3. The van der Waals surface area contributed by atoms with E-state index in [1.54, 1.807) is 12.1 Å². The van der Waals surface area contributed by atoms with Crippen LogP contribution in [0.25, 0.3) is 0 Å². The van der Waals surface area contributed by atoms with Gasteiger partial charge in [0.2, 0.25) is 0 Å². The summed E-state index contributed by atoms with van der Waals surface area (Å²) in [7, 11) is 1.17. The Morgan fingerprint density at radius 2 is 2.07 bits per heavy atom. The third-order valence-electron chi connectivity index (χ3n) is 1.75. The maximum Gasteiger partial charge on any atom is 0.331 e. The summed E-state index contributed by atoms with van der Waals surface area (Å²) in [6, 6.07) is 6.21. The fourth-order valence-electron chi connectivity index (χ4n) is 0.999. The van der Waals surface area contributed by atoms with Crippen molar-refractivity contribution in [2.45, 2.75) is 5.38 Å². The van der Waals surface area contributed by atoms with E-state index in [4.69, 9.17) is 23.2 Å². The maximum atomic E-state index is 11.6. The smallest absolute Gasteiger partial charge is 0.331 e. The Morgan fingerprint density at radius 1 is 1.40 bits per heavy atom. The summed E-state index contributed by atoms with van der Waals surface area (Å²) in [6.07, 6.45) is 0. The molecule has 0 saturated carbocycles. The van der Waals surface area contributed by atoms with Crippen molar-refractivity contribution in [1.82, 2.24) is 0 Å². The van der Waals surface area contributed by atoms with Crippen LogP contribution in [0.15, 0.2) is 24.3 Å². The highest BCUT2D eigenvalue weighted by Crippen LogP contribution is 2.15. The van der Waals surface area contributed by atoms with Crippen LogP contribution >= 0.6 is 23.2 Å². The molecule has 1 unspecified atom stereocenters. The lowest BCUT2D eigenvalue weighted by Crippen LogP contribution is -2.25. The molecule has 15 heavy (non-hydrogen) atoms. The quantitative estimate of drug-likeness (QED) is 0.356. The van der Waals surface area contributed by atoms with Gasteiger partial charge in [0.25, 0.3) is 0 Å². The van der Waals surface area contributed by atoms with E-state index >= 15 is 0 Å². The Kier molecular flexibility index (Phi) is 4.12. The molecule has 0 aliphatic rings. The molecule has 1 aromatic carbocycles. The fraction of sp³-hybridized carbons (Fsp3) is 0.200. The van der Waals surface area contributed by atoms with Gasteiger partial charge >= 0.3 is 5.97 Å². The lowest BCUT2D eigenvalue weighted by molar-refractivity contribution is -0.139. The number of alkyl halides is 1. The number of esters is 1. The minimum Gasteiger partial charge on any atom is -0.468 e. The van der Waals surface area contributed by atoms with Crippen LogP contribution in [0.4, 0.5) is 0 Å². The SMILES string of the molecule is COC(=O)C(Cl)C(=O)c1cccc(Cl)c1. The highest BCUT2D eigenvalue weighted by atomic mass is 35.5. The summed E-state index contributed by atoms with van der Waals surface area (Å²) < 4.78 is 4.36. The van der Waals surface area contributed by atoms with Gasteiger partial charge in [-0.15, -0.1) is 11.6 Å². The first-order chi connectivity index (χ1) is 7.06. The number of Topliss-reactive ketones (excluding diaryl/α,β-unsaturated/α-hetero) is 1. The van der Waals surface area contributed by atoms with Crippen LogP contribution in [0, 0.1) is 0 Å². The molecule has 1 atom stereocenters. The van der Waals surface area contributed by atoms with Gasteiger partial charge in [-0.25, -0.2) is 4.79 Å². The molecule has 0 aromatic heterocycles. The molecule has 0 heterocycles. The van der Waals surface area contributed by atoms with E-state index in [0.29, 0.717) is 5.02 Å². The number of hydrogen-bond acceptors (Lipinski definition) is 3. The molecule has 0 amide bonds. The van der Waals surface area contributed by atoms with Crippen molar-refractivity contribution in [3.63, 3.8) is 0 Å². The molecule has 1 rings (SSSR count). The first-order valence-corrected chi connectivity index (χ1v) is 4.89. The van der Waals surface area contributed by atoms with Crippen molar-refractivity contribution >= 4 is 35.0 Å². The summed E-state index contributed by atoms with van der Waals surface area (Å²) in [5.74, 6) is -1.30. The first-order valence-electron chi connectivity index (χ1n) is 4.08. The molecule has 0 aliphatic carbocycles. The van der Waals surface area contributed by atoms with Gasteiger partial charge in [-0.1, -0.05) is 23.7 Å². The third-order valence-corrected chi connectivity index (χ3v) is 2.36. The molecule has 0 bridgehead atoms. The highest BCUT2D eigenvalue weighted by Gasteiger charge is 2.25. The van der Waals surface area contributed by atoms with Crippen molar-refractivity contribution in [2.75, 3.05) is 7.11 Å². The molecule has 0 spiro atoms. The van der Waals surface area contributed by atoms with E-state index in [-0.39, 0.29) is 5.56 Å². The summed E-state index contributed by atoms with van der Waals surface area (Å²) in [5, 5.41) is -0.914. The number of carbonyl (C=O) groups excluding carboxylic acids is 2. The van der Waals surface area contributed by atoms with E-state index in [1.807, 2.05) is 0 Å². The van der Waals surface area contributed by atoms with E-state index in [9.17, 15) is 9.59 Å². The molecular formula is C10H8Cl2O3. The number of ether oxygens (including phenoxy) is 1. The molecule has 1 aromatic rings. The first kappa shape index (κ1) is 12.0. The number of rotatable bonds is 3. The Balaban J connectivity index is 2.90. The number of ketones is 1. The van der Waals surface area contributed by atoms with Crippen molar-refractivity contribution in [2.24, 2.45) is 0 Å². The minimum absolute atomic E-state index is 0.285. The van der Waals surface area contributed by atoms with Gasteiger partial charge in [-0.2, -0.15) is 0 Å². The van der Waals surface area contributed by atoms with Crippen molar-refractivity contribution in [3.05, 3.63) is 34.9 Å². The van der Waals surface area contributed by atoms with Crippen molar-refractivity contribution in [3.8, 4) is 0 Å². The number of carbonyl (C=O) groups is 2. The Labute approximate surface area is 96.9 Å². The van der Waals surface area contributed by atoms with Gasteiger partial charge in [-0.05, 0) is 12.1 Å². The number of methoxy groups -OCH3 is 1. The van der Waals surface area contributed by atoms with Crippen LogP contribution in [-0.4, -0.2) is 24.2 Å². The Hall–Kier alpha value is -1.06. The van der Waals surface area contributed by atoms with Crippen molar-refractivity contribution in [1.29, 1.82) is 0 Å². The molecule has 0 radical (unpaired) electrons. The minimum atomic E-state index is -1.33. The fourth-order valence-corrected chi connectivity index (χ4v) is 1.40. The lowest BCUT2D eigenvalue weighted by Gasteiger charge is -2.06. The Morgan fingerprint density at radius 3 is 2.60 bits per heavy atom. The second-order valence-corrected chi connectivity index (χ2v) is 3.63. The Bertz CT molecular complexity index is 390. The molecule has 0 aliphatic heterocycles. The topological polar surface area (TPSA) is 43.4 Å². The number of halogens is 2. The zero-order valence-corrected chi connectivity index (χ0v) is 9.38. The second kappa shape index (κ2) is 5.14. The molecule has 80 valence electrons. The summed E-state index contributed by atoms with van der Waals surface area (Å²) in [5.41, 5.74) is 0.285.